The van der Waals surface area contributed by atoms with Crippen LogP contribution in [0.1, 0.15) is 0 Å². The quantitative estimate of drug-likeness (QED) is 0.715. The molecule has 1 fully saturated rings. The largest absolute Gasteiger partial charge is 0.486 e. The molecule has 0 spiro atoms. The van der Waals surface area contributed by atoms with E-state index < -0.39 is 10.0 Å². The van der Waals surface area contributed by atoms with Crippen LogP contribution in [0, 0.1) is 0 Å². The Balaban J connectivity index is 1.45. The number of fused-ring (bicyclic) bond motifs is 1. The number of anilines is 2. The van der Waals surface area contributed by atoms with Gasteiger partial charge in [-0.05, 0) is 24.3 Å². The summed E-state index contributed by atoms with van der Waals surface area (Å²) in [5.41, 5.74) is 1.51. The fourth-order valence-corrected chi connectivity index (χ4v) is 4.50. The molecule has 9 heteroatoms. The third-order valence-electron chi connectivity index (χ3n) is 5.25. The summed E-state index contributed by atoms with van der Waals surface area (Å²) in [6.45, 7) is 3.12. The van der Waals surface area contributed by atoms with E-state index in [-0.39, 0.29) is 12.5 Å². The van der Waals surface area contributed by atoms with Crippen LogP contribution >= 0.6 is 0 Å². The molecule has 8 nitrogen and oxygen atoms in total. The number of piperazine rings is 1. The minimum Gasteiger partial charge on any atom is -0.486 e. The van der Waals surface area contributed by atoms with E-state index in [1.807, 2.05) is 30.3 Å². The molecular formula is C21H25N3O5S. The maximum absolute atomic E-state index is 12.9. The molecule has 2 aliphatic rings. The zero-order valence-electron chi connectivity index (χ0n) is 16.9. The van der Waals surface area contributed by atoms with Crippen molar-refractivity contribution in [1.82, 2.24) is 4.90 Å². The third kappa shape index (κ3) is 4.46. The summed E-state index contributed by atoms with van der Waals surface area (Å²) >= 11 is 0. The molecule has 0 radical (unpaired) electrons. The minimum absolute atomic E-state index is 0.219. The smallest absolute Gasteiger partial charge is 0.243 e. The zero-order chi connectivity index (χ0) is 21.1. The Bertz CT molecular complexity index is 1000. The normalized spacial score (nSPS) is 16.3. The fourth-order valence-electron chi connectivity index (χ4n) is 3.66. The van der Waals surface area contributed by atoms with E-state index in [2.05, 4.69) is 4.90 Å². The summed E-state index contributed by atoms with van der Waals surface area (Å²) in [5, 5.41) is 0. The molecule has 0 bridgehead atoms. The highest BCUT2D eigenvalue weighted by atomic mass is 32.2. The lowest BCUT2D eigenvalue weighted by atomic mass is 10.2. The average Bonchev–Trinajstić information content (AvgIpc) is 2.77. The van der Waals surface area contributed by atoms with E-state index in [4.69, 9.17) is 9.47 Å². The van der Waals surface area contributed by atoms with Crippen molar-refractivity contribution in [3.63, 3.8) is 0 Å². The second-order valence-electron chi connectivity index (χ2n) is 7.30. The topological polar surface area (TPSA) is 79.4 Å². The van der Waals surface area contributed by atoms with Gasteiger partial charge in [0, 0.05) is 37.9 Å². The number of carbonyl (C=O) groups excluding carboxylic acids is 1. The van der Waals surface area contributed by atoms with Crippen LogP contribution in [-0.2, 0) is 14.8 Å². The van der Waals surface area contributed by atoms with Crippen LogP contribution < -0.4 is 18.7 Å². The van der Waals surface area contributed by atoms with Crippen LogP contribution in [0.2, 0.25) is 0 Å². The molecule has 2 heterocycles. The number of benzene rings is 2. The molecule has 2 aliphatic heterocycles. The third-order valence-corrected chi connectivity index (χ3v) is 6.39. The molecule has 1 amide bonds. The number of ether oxygens (including phenoxy) is 2. The van der Waals surface area contributed by atoms with Gasteiger partial charge in [0.05, 0.1) is 11.9 Å². The molecule has 0 aromatic heterocycles. The van der Waals surface area contributed by atoms with Crippen molar-refractivity contribution in [3.8, 4) is 11.5 Å². The van der Waals surface area contributed by atoms with Crippen molar-refractivity contribution in [3.05, 3.63) is 48.5 Å². The molecular weight excluding hydrogens is 406 g/mol. The molecule has 4 rings (SSSR count). The van der Waals surface area contributed by atoms with Crippen LogP contribution in [0.4, 0.5) is 11.4 Å². The Hall–Kier alpha value is -2.94. The first-order chi connectivity index (χ1) is 14.4. The van der Waals surface area contributed by atoms with Crippen LogP contribution in [0.25, 0.3) is 0 Å². The monoisotopic (exact) mass is 431 g/mol. The first kappa shape index (κ1) is 20.3. The summed E-state index contributed by atoms with van der Waals surface area (Å²) in [6.07, 6.45) is 1.10. The molecule has 1 saturated heterocycles. The maximum atomic E-state index is 12.9. The van der Waals surface area contributed by atoms with Crippen molar-refractivity contribution < 1.29 is 22.7 Å². The lowest BCUT2D eigenvalue weighted by Crippen LogP contribution is -2.52. The van der Waals surface area contributed by atoms with Crippen LogP contribution in [0.5, 0.6) is 11.5 Å². The Morgan fingerprint density at radius 3 is 2.30 bits per heavy atom. The predicted octanol–water partition coefficient (Wildman–Crippen LogP) is 1.57. The molecule has 0 unspecified atom stereocenters. The lowest BCUT2D eigenvalue weighted by molar-refractivity contribution is -0.129. The van der Waals surface area contributed by atoms with E-state index >= 15 is 0 Å². The molecule has 0 atom stereocenters. The Morgan fingerprint density at radius 2 is 1.63 bits per heavy atom. The van der Waals surface area contributed by atoms with Crippen molar-refractivity contribution in [2.24, 2.45) is 0 Å². The first-order valence-corrected chi connectivity index (χ1v) is 11.7. The highest BCUT2D eigenvalue weighted by Crippen LogP contribution is 2.34. The van der Waals surface area contributed by atoms with E-state index in [1.165, 1.54) is 0 Å². The van der Waals surface area contributed by atoms with E-state index in [0.717, 1.165) is 16.2 Å². The fraction of sp³-hybridized carbons (Fsp3) is 0.381. The van der Waals surface area contributed by atoms with Gasteiger partial charge in [-0.2, -0.15) is 0 Å². The van der Waals surface area contributed by atoms with Gasteiger partial charge in [-0.3, -0.25) is 9.10 Å². The second kappa shape index (κ2) is 8.43. The highest BCUT2D eigenvalue weighted by molar-refractivity contribution is 7.92. The van der Waals surface area contributed by atoms with E-state index in [9.17, 15) is 13.2 Å². The molecule has 2 aromatic carbocycles. The summed E-state index contributed by atoms with van der Waals surface area (Å²) in [6, 6.07) is 15.0. The standard InChI is InChI=1S/C21H25N3O5S/c1-30(26,27)24(18-7-8-19-20(15-18)29-14-13-28-19)16-21(25)23-11-9-22(10-12-23)17-5-3-2-4-6-17/h2-8,15H,9-14,16H2,1H3. The SMILES string of the molecule is CS(=O)(=O)N(CC(=O)N1CCN(c2ccccc2)CC1)c1ccc2c(c1)OCCO2. The number of amides is 1. The van der Waals surface area contributed by atoms with Crippen molar-refractivity contribution in [2.75, 3.05) is 61.4 Å². The van der Waals surface area contributed by atoms with Crippen molar-refractivity contribution in [1.29, 1.82) is 0 Å². The Morgan fingerprint density at radius 1 is 0.967 bits per heavy atom. The van der Waals surface area contributed by atoms with E-state index in [0.29, 0.717) is 56.6 Å². The summed E-state index contributed by atoms with van der Waals surface area (Å²) in [5.74, 6) is 0.834. The molecule has 0 saturated carbocycles. The van der Waals surface area contributed by atoms with Gasteiger partial charge in [-0.15, -0.1) is 0 Å². The number of sulfonamides is 1. The maximum Gasteiger partial charge on any atom is 0.243 e. The summed E-state index contributed by atoms with van der Waals surface area (Å²) < 4.78 is 37.0. The van der Waals surface area contributed by atoms with Gasteiger partial charge in [0.2, 0.25) is 15.9 Å². The number of hydrogen-bond acceptors (Lipinski definition) is 6. The molecule has 2 aromatic rings. The van der Waals surface area contributed by atoms with Gasteiger partial charge in [-0.1, -0.05) is 18.2 Å². The van der Waals surface area contributed by atoms with Crippen LogP contribution in [-0.4, -0.2) is 71.4 Å². The van der Waals surface area contributed by atoms with Gasteiger partial charge in [0.15, 0.2) is 11.5 Å². The predicted molar refractivity (Wildman–Crippen MR) is 115 cm³/mol. The number of rotatable bonds is 5. The van der Waals surface area contributed by atoms with Crippen molar-refractivity contribution >= 4 is 27.3 Å². The zero-order valence-corrected chi connectivity index (χ0v) is 17.7. The van der Waals surface area contributed by atoms with Gasteiger partial charge in [-0.25, -0.2) is 8.42 Å². The number of carbonyl (C=O) groups is 1. The lowest BCUT2D eigenvalue weighted by Gasteiger charge is -2.37. The average molecular weight is 432 g/mol. The van der Waals surface area contributed by atoms with Gasteiger partial charge < -0.3 is 19.3 Å². The number of nitrogens with zero attached hydrogens (tertiary/aromatic N) is 3. The molecule has 0 aliphatic carbocycles. The van der Waals surface area contributed by atoms with Crippen LogP contribution in [0.15, 0.2) is 48.5 Å². The van der Waals surface area contributed by atoms with Crippen LogP contribution in [0.3, 0.4) is 0 Å². The van der Waals surface area contributed by atoms with Gasteiger partial charge in [0.1, 0.15) is 19.8 Å². The molecule has 30 heavy (non-hydrogen) atoms. The second-order valence-corrected chi connectivity index (χ2v) is 9.21. The summed E-state index contributed by atoms with van der Waals surface area (Å²) in [7, 11) is -3.65. The molecule has 160 valence electrons. The Kier molecular flexibility index (Phi) is 5.72. The summed E-state index contributed by atoms with van der Waals surface area (Å²) in [4.78, 5) is 16.8. The Labute approximate surface area is 176 Å². The van der Waals surface area contributed by atoms with Crippen molar-refractivity contribution in [2.45, 2.75) is 0 Å². The van der Waals surface area contributed by atoms with Gasteiger partial charge in [0.25, 0.3) is 0 Å². The number of hydrogen-bond donors (Lipinski definition) is 0. The number of para-hydroxylation sites is 1. The first-order valence-electron chi connectivity index (χ1n) is 9.87. The minimum atomic E-state index is -3.65. The highest BCUT2D eigenvalue weighted by Gasteiger charge is 2.27. The van der Waals surface area contributed by atoms with E-state index in [1.54, 1.807) is 23.1 Å². The van der Waals surface area contributed by atoms with Gasteiger partial charge >= 0.3 is 0 Å². The molecule has 0 N–H and O–H groups in total.